The first-order valence-corrected chi connectivity index (χ1v) is 6.66. The van der Waals surface area contributed by atoms with Crippen molar-refractivity contribution in [2.75, 3.05) is 0 Å². The highest BCUT2D eigenvalue weighted by Crippen LogP contribution is 2.20. The Labute approximate surface area is 120 Å². The standard InChI is InChI=1S/C14H16N2O5/c1-2-3-5-9(14(18)19)15-13(17)10-8-12(21-16-10)11-6-4-7-20-11/h4,6-9H,2-3,5H2,1H3,(H,15,17)(H,18,19). The fraction of sp³-hybridized carbons (Fsp3) is 0.357. The van der Waals surface area contributed by atoms with Crippen LogP contribution < -0.4 is 5.32 Å². The van der Waals surface area contributed by atoms with Gasteiger partial charge < -0.3 is 19.4 Å². The van der Waals surface area contributed by atoms with Gasteiger partial charge in [0.15, 0.2) is 11.5 Å². The van der Waals surface area contributed by atoms with Crippen LogP contribution in [0.2, 0.25) is 0 Å². The van der Waals surface area contributed by atoms with Crippen molar-refractivity contribution in [3.05, 3.63) is 30.2 Å². The van der Waals surface area contributed by atoms with E-state index in [9.17, 15) is 9.59 Å². The maximum absolute atomic E-state index is 12.0. The van der Waals surface area contributed by atoms with E-state index in [-0.39, 0.29) is 5.69 Å². The lowest BCUT2D eigenvalue weighted by atomic mass is 10.1. The minimum absolute atomic E-state index is 0.0177. The molecule has 7 heteroatoms. The number of nitrogens with zero attached hydrogens (tertiary/aromatic N) is 1. The summed E-state index contributed by atoms with van der Waals surface area (Å²) in [6.07, 6.45) is 3.42. The second kappa shape index (κ2) is 6.74. The summed E-state index contributed by atoms with van der Waals surface area (Å²) in [4.78, 5) is 23.1. The number of amides is 1. The van der Waals surface area contributed by atoms with Crippen molar-refractivity contribution >= 4 is 11.9 Å². The van der Waals surface area contributed by atoms with Crippen LogP contribution in [0.1, 0.15) is 36.7 Å². The van der Waals surface area contributed by atoms with Crippen molar-refractivity contribution < 1.29 is 23.6 Å². The molecule has 1 amide bonds. The smallest absolute Gasteiger partial charge is 0.326 e. The van der Waals surface area contributed by atoms with Crippen LogP contribution in [0.3, 0.4) is 0 Å². The molecule has 2 aromatic heterocycles. The molecule has 0 spiro atoms. The third-order valence-corrected chi connectivity index (χ3v) is 2.96. The van der Waals surface area contributed by atoms with Gasteiger partial charge in [0.1, 0.15) is 6.04 Å². The van der Waals surface area contributed by atoms with Crippen molar-refractivity contribution in [1.82, 2.24) is 10.5 Å². The van der Waals surface area contributed by atoms with E-state index in [1.165, 1.54) is 12.3 Å². The number of hydrogen-bond donors (Lipinski definition) is 2. The fourth-order valence-corrected chi connectivity index (χ4v) is 1.81. The lowest BCUT2D eigenvalue weighted by Crippen LogP contribution is -2.40. The van der Waals surface area contributed by atoms with Gasteiger partial charge in [-0.3, -0.25) is 4.79 Å². The van der Waals surface area contributed by atoms with Crippen LogP contribution in [0.15, 0.2) is 33.4 Å². The van der Waals surface area contributed by atoms with Gasteiger partial charge in [0, 0.05) is 6.07 Å². The minimum atomic E-state index is -1.06. The molecule has 2 aromatic rings. The number of nitrogens with one attached hydrogen (secondary N) is 1. The summed E-state index contributed by atoms with van der Waals surface area (Å²) in [6, 6.07) is 3.83. The molecule has 7 nitrogen and oxygen atoms in total. The number of rotatable bonds is 7. The first kappa shape index (κ1) is 14.8. The predicted octanol–water partition coefficient (Wildman–Crippen LogP) is 2.31. The molecule has 0 aliphatic carbocycles. The van der Waals surface area contributed by atoms with E-state index < -0.39 is 17.9 Å². The van der Waals surface area contributed by atoms with Gasteiger partial charge in [0.25, 0.3) is 5.91 Å². The van der Waals surface area contributed by atoms with Crippen molar-refractivity contribution in [3.63, 3.8) is 0 Å². The number of hydrogen-bond acceptors (Lipinski definition) is 5. The zero-order valence-corrected chi connectivity index (χ0v) is 11.5. The summed E-state index contributed by atoms with van der Waals surface area (Å²) in [6.45, 7) is 1.95. The summed E-state index contributed by atoms with van der Waals surface area (Å²) in [7, 11) is 0. The van der Waals surface area contributed by atoms with E-state index in [2.05, 4.69) is 10.5 Å². The SMILES string of the molecule is CCCCC(NC(=O)c1cc(-c2ccco2)on1)C(=O)O. The number of carboxylic acids is 1. The largest absolute Gasteiger partial charge is 0.480 e. The van der Waals surface area contributed by atoms with E-state index in [4.69, 9.17) is 14.0 Å². The molecule has 0 radical (unpaired) electrons. The summed E-state index contributed by atoms with van der Waals surface area (Å²) >= 11 is 0. The molecule has 2 N–H and O–H groups in total. The highest BCUT2D eigenvalue weighted by Gasteiger charge is 2.22. The third-order valence-electron chi connectivity index (χ3n) is 2.96. The average Bonchev–Trinajstić information content (AvgIpc) is 3.12. The Bertz CT molecular complexity index is 603. The maximum atomic E-state index is 12.0. The molecule has 21 heavy (non-hydrogen) atoms. The summed E-state index contributed by atoms with van der Waals surface area (Å²) < 4.78 is 10.1. The molecule has 0 bridgehead atoms. The molecule has 1 unspecified atom stereocenters. The average molecular weight is 292 g/mol. The molecule has 0 saturated heterocycles. The summed E-state index contributed by atoms with van der Waals surface area (Å²) in [5.74, 6) is -0.889. The number of aromatic nitrogens is 1. The van der Waals surface area contributed by atoms with Crippen molar-refractivity contribution in [1.29, 1.82) is 0 Å². The molecule has 0 aliphatic heterocycles. The Morgan fingerprint density at radius 2 is 2.24 bits per heavy atom. The van der Waals surface area contributed by atoms with Gasteiger partial charge in [-0.1, -0.05) is 24.9 Å². The Balaban J connectivity index is 2.04. The Hall–Kier alpha value is -2.57. The lowest BCUT2D eigenvalue weighted by Gasteiger charge is -2.12. The van der Waals surface area contributed by atoms with Gasteiger partial charge in [-0.25, -0.2) is 4.79 Å². The summed E-state index contributed by atoms with van der Waals surface area (Å²) in [5.41, 5.74) is 0.0177. The van der Waals surface area contributed by atoms with E-state index >= 15 is 0 Å². The molecule has 1 atom stereocenters. The Morgan fingerprint density at radius 3 is 2.86 bits per heavy atom. The van der Waals surface area contributed by atoms with Gasteiger partial charge in [-0.2, -0.15) is 0 Å². The number of carbonyl (C=O) groups is 2. The number of carboxylic acid groups (broad SMARTS) is 1. The van der Waals surface area contributed by atoms with Gasteiger partial charge in [-0.15, -0.1) is 0 Å². The van der Waals surface area contributed by atoms with Crippen LogP contribution in [0.25, 0.3) is 11.5 Å². The molecular formula is C14H16N2O5. The molecule has 0 saturated carbocycles. The Morgan fingerprint density at radius 1 is 1.43 bits per heavy atom. The topological polar surface area (TPSA) is 106 Å². The normalized spacial score (nSPS) is 12.0. The lowest BCUT2D eigenvalue weighted by molar-refractivity contribution is -0.139. The molecule has 0 fully saturated rings. The molecule has 112 valence electrons. The molecular weight excluding hydrogens is 276 g/mol. The first-order chi connectivity index (χ1) is 10.1. The zero-order valence-electron chi connectivity index (χ0n) is 11.5. The van der Waals surface area contributed by atoms with Crippen LogP contribution in [0.5, 0.6) is 0 Å². The highest BCUT2D eigenvalue weighted by atomic mass is 16.5. The van der Waals surface area contributed by atoms with Gasteiger partial charge in [0.2, 0.25) is 5.76 Å². The molecule has 2 heterocycles. The molecule has 0 aromatic carbocycles. The van der Waals surface area contributed by atoms with Crippen LogP contribution in [-0.4, -0.2) is 28.2 Å². The quantitative estimate of drug-likeness (QED) is 0.811. The molecule has 2 rings (SSSR count). The van der Waals surface area contributed by atoms with E-state index in [0.29, 0.717) is 24.4 Å². The summed E-state index contributed by atoms with van der Waals surface area (Å²) in [5, 5.41) is 15.1. The zero-order chi connectivity index (χ0) is 15.2. The first-order valence-electron chi connectivity index (χ1n) is 6.66. The van der Waals surface area contributed by atoms with Crippen LogP contribution in [0.4, 0.5) is 0 Å². The second-order valence-corrected chi connectivity index (χ2v) is 4.56. The van der Waals surface area contributed by atoms with E-state index in [1.807, 2.05) is 6.92 Å². The number of unbranched alkanes of at least 4 members (excludes halogenated alkanes) is 1. The predicted molar refractivity (Wildman–Crippen MR) is 72.6 cm³/mol. The second-order valence-electron chi connectivity index (χ2n) is 4.56. The molecule has 0 aliphatic rings. The minimum Gasteiger partial charge on any atom is -0.480 e. The van der Waals surface area contributed by atoms with E-state index in [1.54, 1.807) is 12.1 Å². The van der Waals surface area contributed by atoms with Crippen molar-refractivity contribution in [3.8, 4) is 11.5 Å². The van der Waals surface area contributed by atoms with Gasteiger partial charge in [0.05, 0.1) is 6.26 Å². The maximum Gasteiger partial charge on any atom is 0.326 e. The number of aliphatic carboxylic acids is 1. The number of carbonyl (C=O) groups excluding carboxylic acids is 1. The Kier molecular flexibility index (Phi) is 4.76. The number of furan rings is 1. The fourth-order valence-electron chi connectivity index (χ4n) is 1.81. The monoisotopic (exact) mass is 292 g/mol. The van der Waals surface area contributed by atoms with Gasteiger partial charge >= 0.3 is 5.97 Å². The van der Waals surface area contributed by atoms with Crippen LogP contribution in [-0.2, 0) is 4.79 Å². The van der Waals surface area contributed by atoms with Crippen molar-refractivity contribution in [2.24, 2.45) is 0 Å². The van der Waals surface area contributed by atoms with E-state index in [0.717, 1.165) is 6.42 Å². The van der Waals surface area contributed by atoms with Crippen molar-refractivity contribution in [2.45, 2.75) is 32.2 Å². The van der Waals surface area contributed by atoms with Crippen LogP contribution >= 0.6 is 0 Å². The highest BCUT2D eigenvalue weighted by molar-refractivity contribution is 5.95. The van der Waals surface area contributed by atoms with Crippen LogP contribution in [0, 0.1) is 0 Å². The van der Waals surface area contributed by atoms with Gasteiger partial charge in [-0.05, 0) is 18.6 Å². The third kappa shape index (κ3) is 3.71.